The molecule has 2 amide bonds. The number of carbonyl (C=O) groups is 2. The van der Waals surface area contributed by atoms with Crippen molar-refractivity contribution in [3.8, 4) is 0 Å². The van der Waals surface area contributed by atoms with Crippen molar-refractivity contribution in [1.82, 2.24) is 9.21 Å². The number of rotatable bonds is 2. The lowest BCUT2D eigenvalue weighted by molar-refractivity contribution is -0.127. The molecule has 0 radical (unpaired) electrons. The average molecular weight is 381 g/mol. The molecule has 0 spiro atoms. The van der Waals surface area contributed by atoms with E-state index < -0.39 is 9.22 Å². The van der Waals surface area contributed by atoms with Crippen LogP contribution < -0.4 is 0 Å². The molecule has 0 aromatic rings. The fraction of sp³-hybridized carbons (Fsp3) is 0.667. The molecule has 0 saturated carbocycles. The second kappa shape index (κ2) is 7.31. The van der Waals surface area contributed by atoms with Crippen molar-refractivity contribution >= 4 is 75.6 Å². The van der Waals surface area contributed by atoms with Gasteiger partial charge in [-0.15, -0.1) is 0 Å². The molecule has 0 aliphatic carbocycles. The van der Waals surface area contributed by atoms with Gasteiger partial charge in [0.25, 0.3) is 3.12 Å². The van der Waals surface area contributed by atoms with Crippen LogP contribution in [0.4, 0.5) is 4.79 Å². The summed E-state index contributed by atoms with van der Waals surface area (Å²) in [5.41, 5.74) is 0. The van der Waals surface area contributed by atoms with E-state index >= 15 is 0 Å². The summed E-state index contributed by atoms with van der Waals surface area (Å²) >= 11 is 18.5. The number of amides is 2. The van der Waals surface area contributed by atoms with Crippen LogP contribution in [0.1, 0.15) is 6.92 Å². The van der Waals surface area contributed by atoms with E-state index in [-0.39, 0.29) is 17.7 Å². The van der Waals surface area contributed by atoms with Crippen molar-refractivity contribution < 1.29 is 14.4 Å². The molecule has 0 aromatic carbocycles. The first kappa shape index (κ1) is 18.0. The van der Waals surface area contributed by atoms with Gasteiger partial charge >= 0.3 is 6.09 Å². The van der Waals surface area contributed by atoms with Crippen LogP contribution in [0.3, 0.4) is 0 Å². The predicted octanol–water partition coefficient (Wildman–Crippen LogP) is 2.94. The molecular formula is C9H12Cl3N3O3S2. The van der Waals surface area contributed by atoms with Gasteiger partial charge < -0.3 is 4.90 Å². The first-order valence-electron chi connectivity index (χ1n) is 5.28. The van der Waals surface area contributed by atoms with Gasteiger partial charge in [0.2, 0.25) is 5.91 Å². The smallest absolute Gasteiger partial charge is 0.336 e. The van der Waals surface area contributed by atoms with E-state index in [9.17, 15) is 9.59 Å². The van der Waals surface area contributed by atoms with Crippen LogP contribution in [0.15, 0.2) is 5.16 Å². The number of hydrogen-bond donors (Lipinski definition) is 0. The Morgan fingerprint density at radius 1 is 1.60 bits per heavy atom. The van der Waals surface area contributed by atoms with Crippen LogP contribution in [0, 0.1) is 0 Å². The predicted molar refractivity (Wildman–Crippen MR) is 84.3 cm³/mol. The summed E-state index contributed by atoms with van der Waals surface area (Å²) in [7, 11) is 3.05. The fourth-order valence-corrected chi connectivity index (χ4v) is 3.49. The molecule has 0 N–H and O–H groups in total. The van der Waals surface area contributed by atoms with E-state index in [1.807, 2.05) is 0 Å². The standard InChI is InChI=1S/C9H12Cl3N3O3S2/c1-5-7(19-4-6(16)14(5)2)13-18-8(17)15(3)20-9(10,11)12/h5H,4H2,1-3H3/b13-7+. The van der Waals surface area contributed by atoms with E-state index in [1.54, 1.807) is 14.0 Å². The third-order valence-electron chi connectivity index (χ3n) is 2.39. The molecular weight excluding hydrogens is 369 g/mol. The molecule has 1 atom stereocenters. The molecule has 1 aliphatic rings. The second-order valence-electron chi connectivity index (χ2n) is 3.79. The number of carbonyl (C=O) groups excluding carboxylic acids is 2. The van der Waals surface area contributed by atoms with Crippen molar-refractivity contribution in [2.24, 2.45) is 5.16 Å². The van der Waals surface area contributed by atoms with E-state index in [0.29, 0.717) is 17.0 Å². The number of thioether (sulfide) groups is 1. The maximum absolute atomic E-state index is 11.6. The van der Waals surface area contributed by atoms with Crippen LogP contribution in [-0.2, 0) is 9.63 Å². The van der Waals surface area contributed by atoms with Crippen LogP contribution in [0.25, 0.3) is 0 Å². The molecule has 1 rings (SSSR count). The zero-order chi connectivity index (χ0) is 15.5. The van der Waals surface area contributed by atoms with Crippen molar-refractivity contribution in [1.29, 1.82) is 0 Å². The summed E-state index contributed by atoms with van der Waals surface area (Å²) in [6.07, 6.45) is -0.777. The maximum atomic E-state index is 11.6. The van der Waals surface area contributed by atoms with Gasteiger partial charge in [0.1, 0.15) is 5.04 Å². The lowest BCUT2D eigenvalue weighted by Crippen LogP contribution is -2.44. The highest BCUT2D eigenvalue weighted by Gasteiger charge is 2.30. The Morgan fingerprint density at radius 2 is 2.20 bits per heavy atom. The summed E-state index contributed by atoms with van der Waals surface area (Å²) in [6, 6.07) is -0.250. The molecule has 1 aliphatic heterocycles. The van der Waals surface area contributed by atoms with Gasteiger partial charge in [0, 0.05) is 26.0 Å². The van der Waals surface area contributed by atoms with E-state index in [2.05, 4.69) is 5.16 Å². The Bertz CT molecular complexity index is 430. The first-order chi connectivity index (χ1) is 9.11. The molecule has 11 heteroatoms. The first-order valence-corrected chi connectivity index (χ1v) is 8.18. The lowest BCUT2D eigenvalue weighted by Gasteiger charge is -2.29. The Hall–Kier alpha value is -0.0200. The summed E-state index contributed by atoms with van der Waals surface area (Å²) in [6.45, 7) is 1.79. The van der Waals surface area contributed by atoms with Crippen LogP contribution >= 0.6 is 58.5 Å². The third kappa shape index (κ3) is 5.40. The molecule has 1 heterocycles. The molecule has 20 heavy (non-hydrogen) atoms. The minimum Gasteiger partial charge on any atom is -0.336 e. The molecule has 0 bridgehead atoms. The van der Waals surface area contributed by atoms with Crippen molar-refractivity contribution in [2.75, 3.05) is 19.8 Å². The maximum Gasteiger partial charge on any atom is 0.445 e. The van der Waals surface area contributed by atoms with Crippen molar-refractivity contribution in [2.45, 2.75) is 16.1 Å². The molecule has 0 aromatic heterocycles. The van der Waals surface area contributed by atoms with Gasteiger partial charge in [0.05, 0.1) is 11.8 Å². The summed E-state index contributed by atoms with van der Waals surface area (Å²) in [4.78, 5) is 29.4. The van der Waals surface area contributed by atoms with Crippen molar-refractivity contribution in [3.63, 3.8) is 0 Å². The topological polar surface area (TPSA) is 62.2 Å². The van der Waals surface area contributed by atoms with Crippen LogP contribution in [0.5, 0.6) is 0 Å². The number of oxime groups is 1. The van der Waals surface area contributed by atoms with E-state index in [0.717, 1.165) is 4.31 Å². The highest BCUT2D eigenvalue weighted by molar-refractivity contribution is 8.14. The van der Waals surface area contributed by atoms with Gasteiger partial charge in [-0.25, -0.2) is 9.10 Å². The molecule has 1 fully saturated rings. The zero-order valence-electron chi connectivity index (χ0n) is 10.8. The van der Waals surface area contributed by atoms with Gasteiger partial charge in [-0.05, 0) is 6.92 Å². The van der Waals surface area contributed by atoms with Gasteiger partial charge in [-0.3, -0.25) is 9.63 Å². The molecule has 1 saturated heterocycles. The Balaban J connectivity index is 2.59. The second-order valence-corrected chi connectivity index (χ2v) is 9.08. The molecule has 114 valence electrons. The quantitative estimate of drug-likeness (QED) is 0.319. The SMILES string of the molecule is CC1/C(=N\OC(=O)N(C)SC(Cl)(Cl)Cl)SCC(=O)N1C. The summed E-state index contributed by atoms with van der Waals surface area (Å²) < 4.78 is -0.648. The molecule has 6 nitrogen and oxygen atoms in total. The monoisotopic (exact) mass is 379 g/mol. The Morgan fingerprint density at radius 3 is 2.75 bits per heavy atom. The number of halogens is 3. The highest BCUT2D eigenvalue weighted by Crippen LogP contribution is 2.40. The average Bonchev–Trinajstić information content (AvgIpc) is 2.32. The minimum absolute atomic E-state index is 0.00310. The number of alkyl halides is 3. The van der Waals surface area contributed by atoms with Crippen LogP contribution in [0.2, 0.25) is 0 Å². The zero-order valence-corrected chi connectivity index (χ0v) is 14.7. The lowest BCUT2D eigenvalue weighted by atomic mass is 10.3. The largest absolute Gasteiger partial charge is 0.445 e. The van der Waals surface area contributed by atoms with Gasteiger partial charge in [0.15, 0.2) is 0 Å². The fourth-order valence-electron chi connectivity index (χ4n) is 1.18. The highest BCUT2D eigenvalue weighted by atomic mass is 35.6. The van der Waals surface area contributed by atoms with E-state index in [1.165, 1.54) is 23.7 Å². The Labute approximate surface area is 140 Å². The van der Waals surface area contributed by atoms with Gasteiger partial charge in [-0.1, -0.05) is 51.7 Å². The number of nitrogens with zero attached hydrogens (tertiary/aromatic N) is 3. The number of hydrogen-bond acceptors (Lipinski definition) is 6. The van der Waals surface area contributed by atoms with Crippen molar-refractivity contribution in [3.05, 3.63) is 0 Å². The van der Waals surface area contributed by atoms with Gasteiger partial charge in [-0.2, -0.15) is 0 Å². The third-order valence-corrected chi connectivity index (χ3v) is 4.74. The van der Waals surface area contributed by atoms with Crippen LogP contribution in [-0.4, -0.2) is 55.3 Å². The Kier molecular flexibility index (Phi) is 6.59. The summed E-state index contributed by atoms with van der Waals surface area (Å²) in [5, 5.41) is 4.29. The summed E-state index contributed by atoms with van der Waals surface area (Å²) in [5.74, 6) is 0.257. The van der Waals surface area contributed by atoms with E-state index in [4.69, 9.17) is 39.6 Å². The molecule has 1 unspecified atom stereocenters. The minimum atomic E-state index is -1.67. The normalized spacial score (nSPS) is 22.1.